The molecule has 2 unspecified atom stereocenters. The Kier molecular flexibility index (Phi) is 2.69. The van der Waals surface area contributed by atoms with E-state index < -0.39 is 0 Å². The third-order valence-corrected chi connectivity index (χ3v) is 3.02. The predicted octanol–water partition coefficient (Wildman–Crippen LogP) is 2.38. The lowest BCUT2D eigenvalue weighted by molar-refractivity contribution is 0.368. The topological polar surface area (TPSA) is 25.2 Å². The molecule has 2 nitrogen and oxygen atoms in total. The Hall–Kier alpha value is -0.760. The molecule has 1 aromatic heterocycles. The summed E-state index contributed by atoms with van der Waals surface area (Å²) in [4.78, 5) is 0. The van der Waals surface area contributed by atoms with Crippen molar-refractivity contribution in [2.45, 2.75) is 25.7 Å². The van der Waals surface area contributed by atoms with Crippen LogP contribution in [0.15, 0.2) is 22.8 Å². The van der Waals surface area contributed by atoms with E-state index in [1.807, 2.05) is 6.07 Å². The molecular formula is C11H17NO. The second-order valence-electron chi connectivity index (χ2n) is 3.78. The molecule has 1 aromatic rings. The zero-order valence-electron chi connectivity index (χ0n) is 8.12. The van der Waals surface area contributed by atoms with E-state index in [0.717, 1.165) is 18.2 Å². The van der Waals surface area contributed by atoms with Crippen LogP contribution in [0.4, 0.5) is 0 Å². The van der Waals surface area contributed by atoms with E-state index in [1.54, 1.807) is 6.26 Å². The molecule has 0 saturated carbocycles. The van der Waals surface area contributed by atoms with Crippen molar-refractivity contribution in [3.05, 3.63) is 24.2 Å². The van der Waals surface area contributed by atoms with Gasteiger partial charge >= 0.3 is 0 Å². The average molecular weight is 179 g/mol. The molecule has 0 spiro atoms. The minimum Gasteiger partial charge on any atom is -0.469 e. The highest BCUT2D eigenvalue weighted by molar-refractivity contribution is 5.07. The first kappa shape index (κ1) is 8.82. The van der Waals surface area contributed by atoms with Crippen LogP contribution in [0.25, 0.3) is 0 Å². The zero-order chi connectivity index (χ0) is 9.10. The van der Waals surface area contributed by atoms with Gasteiger partial charge in [0.05, 0.1) is 6.26 Å². The highest BCUT2D eigenvalue weighted by atomic mass is 16.3. The van der Waals surface area contributed by atoms with Crippen molar-refractivity contribution in [3.63, 3.8) is 0 Å². The van der Waals surface area contributed by atoms with E-state index in [-0.39, 0.29) is 0 Å². The molecule has 0 aliphatic carbocycles. The van der Waals surface area contributed by atoms with Gasteiger partial charge in [0, 0.05) is 5.92 Å². The molecule has 0 bridgehead atoms. The highest BCUT2D eigenvalue weighted by Crippen LogP contribution is 2.31. The predicted molar refractivity (Wildman–Crippen MR) is 52.7 cm³/mol. The maximum absolute atomic E-state index is 5.47. The number of furan rings is 1. The first-order valence-electron chi connectivity index (χ1n) is 5.16. The van der Waals surface area contributed by atoms with Crippen LogP contribution in [0.3, 0.4) is 0 Å². The van der Waals surface area contributed by atoms with E-state index in [4.69, 9.17) is 4.42 Å². The van der Waals surface area contributed by atoms with E-state index in [9.17, 15) is 0 Å². The largest absolute Gasteiger partial charge is 0.469 e. The Labute approximate surface area is 79.3 Å². The minimum atomic E-state index is 0.616. The number of hydrogen-bond donors (Lipinski definition) is 1. The maximum atomic E-state index is 5.47. The second kappa shape index (κ2) is 3.97. The molecule has 0 amide bonds. The summed E-state index contributed by atoms with van der Waals surface area (Å²) < 4.78 is 5.47. The summed E-state index contributed by atoms with van der Waals surface area (Å²) in [6.45, 7) is 4.56. The van der Waals surface area contributed by atoms with Gasteiger partial charge in [0.1, 0.15) is 5.76 Å². The smallest absolute Gasteiger partial charge is 0.107 e. The number of nitrogens with one attached hydrogen (secondary N) is 1. The molecule has 1 aliphatic rings. The van der Waals surface area contributed by atoms with Crippen LogP contribution in [-0.2, 0) is 0 Å². The van der Waals surface area contributed by atoms with Crippen LogP contribution in [0.5, 0.6) is 0 Å². The van der Waals surface area contributed by atoms with Crippen molar-refractivity contribution in [1.29, 1.82) is 0 Å². The molecule has 13 heavy (non-hydrogen) atoms. The van der Waals surface area contributed by atoms with Crippen molar-refractivity contribution >= 4 is 0 Å². The lowest BCUT2D eigenvalue weighted by Gasteiger charge is -2.18. The first-order valence-corrected chi connectivity index (χ1v) is 5.16. The van der Waals surface area contributed by atoms with E-state index in [2.05, 4.69) is 18.3 Å². The monoisotopic (exact) mass is 179 g/mol. The molecule has 1 saturated heterocycles. The van der Waals surface area contributed by atoms with E-state index >= 15 is 0 Å². The van der Waals surface area contributed by atoms with Gasteiger partial charge in [-0.25, -0.2) is 0 Å². The molecule has 2 atom stereocenters. The summed E-state index contributed by atoms with van der Waals surface area (Å²) in [6.07, 6.45) is 4.25. The normalized spacial score (nSPS) is 24.8. The van der Waals surface area contributed by atoms with Crippen LogP contribution in [0.1, 0.15) is 31.4 Å². The SMILES string of the molecule is CCC(c1ccco1)C1CCNC1. The summed E-state index contributed by atoms with van der Waals surface area (Å²) in [7, 11) is 0. The molecule has 72 valence electrons. The van der Waals surface area contributed by atoms with Crippen molar-refractivity contribution in [1.82, 2.24) is 5.32 Å². The highest BCUT2D eigenvalue weighted by Gasteiger charge is 2.26. The Morgan fingerprint density at radius 1 is 1.69 bits per heavy atom. The molecular weight excluding hydrogens is 162 g/mol. The fraction of sp³-hybridized carbons (Fsp3) is 0.636. The van der Waals surface area contributed by atoms with Crippen molar-refractivity contribution < 1.29 is 4.42 Å². The Bertz CT molecular complexity index is 237. The van der Waals surface area contributed by atoms with Crippen molar-refractivity contribution in [2.24, 2.45) is 5.92 Å². The molecule has 1 fully saturated rings. The van der Waals surface area contributed by atoms with Gasteiger partial charge in [0.25, 0.3) is 0 Å². The van der Waals surface area contributed by atoms with Crippen molar-refractivity contribution in [3.8, 4) is 0 Å². The van der Waals surface area contributed by atoms with Gasteiger partial charge in [-0.2, -0.15) is 0 Å². The van der Waals surface area contributed by atoms with Gasteiger partial charge in [0.2, 0.25) is 0 Å². The zero-order valence-corrected chi connectivity index (χ0v) is 8.12. The van der Waals surface area contributed by atoms with Crippen molar-refractivity contribution in [2.75, 3.05) is 13.1 Å². The molecule has 2 rings (SSSR count). The number of hydrogen-bond acceptors (Lipinski definition) is 2. The van der Waals surface area contributed by atoms with Crippen LogP contribution in [-0.4, -0.2) is 13.1 Å². The van der Waals surface area contributed by atoms with Crippen LogP contribution < -0.4 is 5.32 Å². The summed E-state index contributed by atoms with van der Waals surface area (Å²) in [5.74, 6) is 2.55. The summed E-state index contributed by atoms with van der Waals surface area (Å²) in [5.41, 5.74) is 0. The fourth-order valence-corrected chi connectivity index (χ4v) is 2.29. The quantitative estimate of drug-likeness (QED) is 0.770. The number of rotatable bonds is 3. The molecule has 2 heterocycles. The first-order chi connectivity index (χ1) is 6.42. The van der Waals surface area contributed by atoms with Gasteiger partial charge in [0.15, 0.2) is 0 Å². The second-order valence-corrected chi connectivity index (χ2v) is 3.78. The third-order valence-electron chi connectivity index (χ3n) is 3.02. The van der Waals surface area contributed by atoms with E-state index in [1.165, 1.54) is 19.4 Å². The standard InChI is InChI=1S/C11H17NO/c1-2-10(9-5-6-12-8-9)11-4-3-7-13-11/h3-4,7,9-10,12H,2,5-6,8H2,1H3. The molecule has 0 radical (unpaired) electrons. The van der Waals surface area contributed by atoms with Crippen LogP contribution >= 0.6 is 0 Å². The minimum absolute atomic E-state index is 0.616. The summed E-state index contributed by atoms with van der Waals surface area (Å²) in [6, 6.07) is 4.09. The fourth-order valence-electron chi connectivity index (χ4n) is 2.29. The molecule has 2 heteroatoms. The Morgan fingerprint density at radius 3 is 3.15 bits per heavy atom. The van der Waals surface area contributed by atoms with Gasteiger partial charge in [-0.05, 0) is 44.0 Å². The molecule has 0 aromatic carbocycles. The van der Waals surface area contributed by atoms with Gasteiger partial charge in [-0.3, -0.25) is 0 Å². The van der Waals surface area contributed by atoms with Gasteiger partial charge in [-0.1, -0.05) is 6.92 Å². The van der Waals surface area contributed by atoms with Crippen LogP contribution in [0, 0.1) is 5.92 Å². The Balaban J connectivity index is 2.08. The molecule has 1 aliphatic heterocycles. The maximum Gasteiger partial charge on any atom is 0.107 e. The third kappa shape index (κ3) is 1.78. The van der Waals surface area contributed by atoms with E-state index in [0.29, 0.717) is 5.92 Å². The summed E-state index contributed by atoms with van der Waals surface area (Å²) >= 11 is 0. The molecule has 1 N–H and O–H groups in total. The van der Waals surface area contributed by atoms with Gasteiger partial charge in [-0.15, -0.1) is 0 Å². The average Bonchev–Trinajstić information content (AvgIpc) is 2.76. The summed E-state index contributed by atoms with van der Waals surface area (Å²) in [5, 5.41) is 3.41. The Morgan fingerprint density at radius 2 is 2.62 bits per heavy atom. The lowest BCUT2D eigenvalue weighted by Crippen LogP contribution is -2.15. The lowest BCUT2D eigenvalue weighted by atomic mass is 9.87. The van der Waals surface area contributed by atoms with Gasteiger partial charge < -0.3 is 9.73 Å². The van der Waals surface area contributed by atoms with Crippen LogP contribution in [0.2, 0.25) is 0 Å².